The van der Waals surface area contributed by atoms with E-state index in [4.69, 9.17) is 0 Å². The third-order valence-corrected chi connectivity index (χ3v) is 23.8. The van der Waals surface area contributed by atoms with Crippen molar-refractivity contribution < 1.29 is 0 Å². The van der Waals surface area contributed by atoms with Gasteiger partial charge in [-0.05, 0) is 158 Å². The van der Waals surface area contributed by atoms with Crippen molar-refractivity contribution in [1.29, 1.82) is 0 Å². The highest BCUT2D eigenvalue weighted by Crippen LogP contribution is 2.52. The van der Waals surface area contributed by atoms with Crippen molar-refractivity contribution in [3.05, 3.63) is 352 Å². The molecule has 0 radical (unpaired) electrons. The quantitative estimate of drug-likeness (QED) is 0.135. The van der Waals surface area contributed by atoms with Crippen molar-refractivity contribution in [2.45, 2.75) is 0 Å². The standard InChI is InChI=1S/C98H58B2N4/c1-5-19-59(20-6-1)63-35-39-67(40-36-63)71-55-81(69-47-43-65(44-48-69)61-23-9-3-10-24-61)89-77-53-51-73-75-27-17-29-79-93(75)103(99-83-31-13-15-33-85(83)101(87(89)57-71)95(77)91(73)99)97-80-30-18-28-76-74-52-54-78-90-82(70-49-45-66(46-50-70)62-25-11-4-12-26-62)56-72(68-41-37-64(38-42-68)60-21-7-2-8-22-60)58-88(90)102-86-34-16-14-32-84(86)100(92(74)96(78)102)104(94(76)80)98(79)97/h1-58H. The molecule has 4 aliphatic rings. The lowest BCUT2D eigenvalue weighted by atomic mass is 9.45. The van der Waals surface area contributed by atoms with E-state index < -0.39 is 0 Å². The van der Waals surface area contributed by atoms with E-state index in [0.29, 0.717) is 0 Å². The van der Waals surface area contributed by atoms with Gasteiger partial charge >= 0.3 is 13.7 Å². The van der Waals surface area contributed by atoms with Gasteiger partial charge in [0, 0.05) is 65.9 Å². The molecule has 4 nitrogen and oxygen atoms in total. The molecular formula is C98H58B2N4. The number of fused-ring (bicyclic) bond motifs is 21. The van der Waals surface area contributed by atoms with Crippen LogP contribution in [0.3, 0.4) is 0 Å². The Morgan fingerprint density at radius 2 is 0.490 bits per heavy atom. The Balaban J connectivity index is 0.748. The van der Waals surface area contributed by atoms with Gasteiger partial charge in [-0.3, -0.25) is 0 Å². The molecule has 8 heterocycles. The van der Waals surface area contributed by atoms with E-state index in [1.807, 2.05) is 0 Å². The van der Waals surface area contributed by atoms with Gasteiger partial charge in [0.1, 0.15) is 0 Å². The maximum absolute atomic E-state index is 2.81. The normalized spacial score (nSPS) is 12.8. The van der Waals surface area contributed by atoms with E-state index in [0.717, 1.165) is 0 Å². The average Bonchev–Trinajstić information content (AvgIpc) is 1.48. The monoisotopic (exact) mass is 1310 g/mol. The van der Waals surface area contributed by atoms with Crippen LogP contribution in [0.1, 0.15) is 0 Å². The van der Waals surface area contributed by atoms with Gasteiger partial charge in [0.2, 0.25) is 0 Å². The van der Waals surface area contributed by atoms with E-state index in [1.165, 1.54) is 221 Å². The zero-order chi connectivity index (χ0) is 67.6. The van der Waals surface area contributed by atoms with Crippen LogP contribution < -0.4 is 21.9 Å². The van der Waals surface area contributed by atoms with Crippen molar-refractivity contribution in [2.75, 3.05) is 0 Å². The molecule has 104 heavy (non-hydrogen) atoms. The summed E-state index contributed by atoms with van der Waals surface area (Å²) in [6.45, 7) is -0.282. The summed E-state index contributed by atoms with van der Waals surface area (Å²) in [7, 11) is 0. The lowest BCUT2D eigenvalue weighted by Crippen LogP contribution is -2.55. The Hall–Kier alpha value is -13.4. The Morgan fingerprint density at radius 1 is 0.183 bits per heavy atom. The minimum Gasteiger partial charge on any atom is -0.374 e. The van der Waals surface area contributed by atoms with Crippen molar-refractivity contribution >= 4 is 112 Å². The maximum Gasteiger partial charge on any atom is 0.333 e. The van der Waals surface area contributed by atoms with Gasteiger partial charge in [0.05, 0.1) is 33.1 Å². The third-order valence-electron chi connectivity index (χ3n) is 23.8. The molecule has 20 aromatic rings. The highest BCUT2D eigenvalue weighted by atomic mass is 15.1. The van der Waals surface area contributed by atoms with Gasteiger partial charge < -0.3 is 18.1 Å². The largest absolute Gasteiger partial charge is 0.374 e. The molecule has 476 valence electrons. The number of hydrogen-bond donors (Lipinski definition) is 0. The van der Waals surface area contributed by atoms with E-state index in [9.17, 15) is 0 Å². The molecule has 0 amide bonds. The van der Waals surface area contributed by atoms with Gasteiger partial charge in [0.15, 0.2) is 0 Å². The zero-order valence-corrected chi connectivity index (χ0v) is 56.4. The van der Waals surface area contributed by atoms with Crippen LogP contribution in [0.15, 0.2) is 352 Å². The molecule has 4 aliphatic heterocycles. The lowest BCUT2D eigenvalue weighted by molar-refractivity contribution is 1.18. The van der Waals surface area contributed by atoms with Crippen LogP contribution in [-0.4, -0.2) is 31.8 Å². The molecule has 4 aromatic heterocycles. The lowest BCUT2D eigenvalue weighted by Gasteiger charge is -2.34. The fraction of sp³-hybridized carbons (Fsp3) is 0. The first kappa shape index (κ1) is 56.4. The average molecular weight is 1310 g/mol. The Kier molecular flexibility index (Phi) is 11.4. The Bertz CT molecular complexity index is 6660. The summed E-state index contributed by atoms with van der Waals surface area (Å²) in [6, 6.07) is 133. The zero-order valence-electron chi connectivity index (χ0n) is 56.4. The molecule has 0 fully saturated rings. The fourth-order valence-corrected chi connectivity index (χ4v) is 19.3. The van der Waals surface area contributed by atoms with Crippen LogP contribution in [0.25, 0.3) is 199 Å². The third kappa shape index (κ3) is 7.62. The van der Waals surface area contributed by atoms with Gasteiger partial charge in [-0.1, -0.05) is 315 Å². The highest BCUT2D eigenvalue weighted by molar-refractivity contribution is 6.92. The molecule has 0 bridgehead atoms. The van der Waals surface area contributed by atoms with Gasteiger partial charge in [-0.25, -0.2) is 0 Å². The van der Waals surface area contributed by atoms with Crippen molar-refractivity contribution in [3.8, 4) is 123 Å². The SMILES string of the molecule is c1ccc(-c2ccc(-c3cc(-c4ccc(-c5ccccc5)cc4)c4c5ccc6c7c5n(c4c3)-c3ccccc3B7n3c4c-6cccc4c4c3c3cccc5c3n4B3c4ccccc4-n4c6cc(-c7ccc(-c8ccccc8)cc7)cc(-c7ccc(-c8ccccc8)cc7)c6c6ccc-5c3c64)cc2)cc1. The van der Waals surface area contributed by atoms with Crippen LogP contribution in [0, 0.1) is 0 Å². The summed E-state index contributed by atoms with van der Waals surface area (Å²) in [6.07, 6.45) is 0. The summed E-state index contributed by atoms with van der Waals surface area (Å²) in [5.74, 6) is 0. The van der Waals surface area contributed by atoms with E-state index in [2.05, 4.69) is 370 Å². The maximum atomic E-state index is 2.81. The molecule has 16 aromatic carbocycles. The molecule has 6 heteroatoms. The predicted octanol–water partition coefficient (Wildman–Crippen LogP) is 22.2. The number of rotatable bonds is 8. The minimum absolute atomic E-state index is 0.141. The van der Waals surface area contributed by atoms with Crippen LogP contribution in [0.5, 0.6) is 0 Å². The molecular weight excluding hydrogens is 1250 g/mol. The summed E-state index contributed by atoms with van der Waals surface area (Å²) >= 11 is 0. The number of aromatic nitrogens is 4. The first-order valence-corrected chi connectivity index (χ1v) is 36.4. The molecule has 24 rings (SSSR count). The first-order chi connectivity index (χ1) is 51.6. The second-order valence-electron chi connectivity index (χ2n) is 28.9. The van der Waals surface area contributed by atoms with E-state index in [1.54, 1.807) is 0 Å². The fourth-order valence-electron chi connectivity index (χ4n) is 19.3. The number of benzene rings is 16. The molecule has 0 aliphatic carbocycles. The van der Waals surface area contributed by atoms with Crippen molar-refractivity contribution in [3.63, 3.8) is 0 Å². The smallest absolute Gasteiger partial charge is 0.333 e. The van der Waals surface area contributed by atoms with Gasteiger partial charge in [-0.2, -0.15) is 0 Å². The minimum atomic E-state index is -0.141. The van der Waals surface area contributed by atoms with Gasteiger partial charge in [0.25, 0.3) is 0 Å². The van der Waals surface area contributed by atoms with Gasteiger partial charge in [-0.15, -0.1) is 0 Å². The van der Waals surface area contributed by atoms with Crippen molar-refractivity contribution in [2.24, 2.45) is 0 Å². The Morgan fingerprint density at radius 3 is 0.846 bits per heavy atom. The predicted molar refractivity (Wildman–Crippen MR) is 439 cm³/mol. The number of nitrogens with zero attached hydrogens (tertiary/aromatic N) is 4. The molecule has 0 spiro atoms. The van der Waals surface area contributed by atoms with E-state index in [-0.39, 0.29) is 13.7 Å². The molecule has 0 atom stereocenters. The summed E-state index contributed by atoms with van der Waals surface area (Å²) < 4.78 is 10.9. The molecule has 0 saturated carbocycles. The molecule has 0 unspecified atom stereocenters. The first-order valence-electron chi connectivity index (χ1n) is 36.4. The van der Waals surface area contributed by atoms with Crippen LogP contribution in [0.2, 0.25) is 0 Å². The second kappa shape index (κ2) is 21.1. The van der Waals surface area contributed by atoms with E-state index >= 15 is 0 Å². The van der Waals surface area contributed by atoms with Crippen LogP contribution >= 0.6 is 0 Å². The topological polar surface area (TPSA) is 19.7 Å². The summed E-state index contributed by atoms with van der Waals surface area (Å²) in [5, 5.41) is 7.62. The second-order valence-corrected chi connectivity index (χ2v) is 28.9. The summed E-state index contributed by atoms with van der Waals surface area (Å²) in [4.78, 5) is 0. The molecule has 0 N–H and O–H groups in total. The number of para-hydroxylation sites is 4. The van der Waals surface area contributed by atoms with Crippen molar-refractivity contribution in [1.82, 2.24) is 18.1 Å². The van der Waals surface area contributed by atoms with Crippen LogP contribution in [-0.2, 0) is 0 Å². The number of hydrogen-bond acceptors (Lipinski definition) is 0. The van der Waals surface area contributed by atoms with Crippen LogP contribution in [0.4, 0.5) is 0 Å². The highest BCUT2D eigenvalue weighted by Gasteiger charge is 2.47. The Labute approximate surface area is 600 Å². The summed E-state index contributed by atoms with van der Waals surface area (Å²) in [5.41, 5.74) is 42.3. The molecule has 0 saturated heterocycles.